The molecule has 0 aliphatic rings. The molecule has 18 heavy (non-hydrogen) atoms. The molecule has 2 heterocycles. The minimum absolute atomic E-state index is 0.380. The van der Waals surface area contributed by atoms with Crippen molar-refractivity contribution in [2.45, 2.75) is 26.4 Å². The monoisotopic (exact) mass is 330 g/mol. The van der Waals surface area contributed by atoms with Crippen LogP contribution in [0.3, 0.4) is 0 Å². The van der Waals surface area contributed by atoms with E-state index in [4.69, 9.17) is 16.3 Å². The van der Waals surface area contributed by atoms with Gasteiger partial charge in [-0.15, -0.1) is 0 Å². The first kappa shape index (κ1) is 13.4. The van der Waals surface area contributed by atoms with Gasteiger partial charge in [0.05, 0.1) is 11.7 Å². The second-order valence-electron chi connectivity index (χ2n) is 4.85. The van der Waals surface area contributed by atoms with E-state index in [2.05, 4.69) is 20.9 Å². The summed E-state index contributed by atoms with van der Waals surface area (Å²) in [5.41, 5.74) is 0.112. The topological polar surface area (TPSA) is 44.1 Å². The number of hydrogen-bond donors (Lipinski definition) is 0. The fourth-order valence-electron chi connectivity index (χ4n) is 1.52. The van der Waals surface area contributed by atoms with Crippen molar-refractivity contribution in [3.63, 3.8) is 0 Å². The fraction of sp³-hybridized carbons (Fsp3) is 0.333. The highest BCUT2D eigenvalue weighted by Crippen LogP contribution is 2.28. The van der Waals surface area contributed by atoms with Gasteiger partial charge in [-0.1, -0.05) is 11.6 Å². The average Bonchev–Trinajstić information content (AvgIpc) is 2.54. The first-order valence-electron chi connectivity index (χ1n) is 5.33. The maximum absolute atomic E-state index is 12.0. The molecule has 96 valence electrons. The molecule has 0 atom stereocenters. The smallest absolute Gasteiger partial charge is 0.419 e. The van der Waals surface area contributed by atoms with Crippen molar-refractivity contribution < 1.29 is 9.53 Å². The number of aromatic nitrogens is 2. The summed E-state index contributed by atoms with van der Waals surface area (Å²) >= 11 is 9.21. The molecule has 4 nitrogen and oxygen atoms in total. The molecule has 0 saturated heterocycles. The number of carbonyl (C=O) groups is 1. The maximum Gasteiger partial charge on any atom is 0.419 e. The molecule has 0 amide bonds. The van der Waals surface area contributed by atoms with Crippen LogP contribution in [0.5, 0.6) is 0 Å². The molecule has 0 N–H and O–H groups in total. The molecular formula is C12H12BrClN2O2. The van der Waals surface area contributed by atoms with Gasteiger partial charge >= 0.3 is 6.09 Å². The Bertz CT molecular complexity index is 616. The normalized spacial score (nSPS) is 11.8. The van der Waals surface area contributed by atoms with E-state index in [-0.39, 0.29) is 0 Å². The van der Waals surface area contributed by atoms with E-state index in [9.17, 15) is 4.79 Å². The van der Waals surface area contributed by atoms with Gasteiger partial charge in [0, 0.05) is 16.1 Å². The Morgan fingerprint density at radius 2 is 2.17 bits per heavy atom. The third kappa shape index (κ3) is 2.67. The zero-order valence-corrected chi connectivity index (χ0v) is 12.5. The summed E-state index contributed by atoms with van der Waals surface area (Å²) in [6, 6.07) is 1.70. The Morgan fingerprint density at radius 1 is 1.50 bits per heavy atom. The van der Waals surface area contributed by atoms with Crippen molar-refractivity contribution in [2.24, 2.45) is 0 Å². The summed E-state index contributed by atoms with van der Waals surface area (Å²) in [7, 11) is 0. The Kier molecular flexibility index (Phi) is 3.38. The van der Waals surface area contributed by atoms with Crippen LogP contribution in [0.4, 0.5) is 4.79 Å². The number of ether oxygens (including phenoxy) is 1. The van der Waals surface area contributed by atoms with Gasteiger partial charge in [-0.3, -0.25) is 0 Å². The minimum atomic E-state index is -0.542. The largest absolute Gasteiger partial charge is 0.443 e. The molecule has 0 aliphatic heterocycles. The van der Waals surface area contributed by atoms with Crippen LogP contribution in [-0.2, 0) is 4.74 Å². The van der Waals surface area contributed by atoms with Crippen LogP contribution in [0, 0.1) is 0 Å². The van der Waals surface area contributed by atoms with Crippen LogP contribution in [0.25, 0.3) is 10.9 Å². The molecule has 2 aromatic rings. The Balaban J connectivity index is 2.49. The van der Waals surface area contributed by atoms with Crippen molar-refractivity contribution in [1.29, 1.82) is 0 Å². The van der Waals surface area contributed by atoms with Gasteiger partial charge in [0.25, 0.3) is 0 Å². The van der Waals surface area contributed by atoms with Crippen molar-refractivity contribution in [2.75, 3.05) is 0 Å². The van der Waals surface area contributed by atoms with Crippen molar-refractivity contribution in [3.8, 4) is 0 Å². The Morgan fingerprint density at radius 3 is 2.78 bits per heavy atom. The number of rotatable bonds is 0. The van der Waals surface area contributed by atoms with Gasteiger partial charge in [0.1, 0.15) is 10.8 Å². The van der Waals surface area contributed by atoms with Gasteiger partial charge in [0.2, 0.25) is 0 Å². The first-order chi connectivity index (χ1) is 8.28. The van der Waals surface area contributed by atoms with Gasteiger partial charge in [-0.25, -0.2) is 14.3 Å². The van der Waals surface area contributed by atoms with E-state index in [0.29, 0.717) is 10.7 Å². The quantitative estimate of drug-likeness (QED) is 0.678. The molecule has 0 radical (unpaired) electrons. The van der Waals surface area contributed by atoms with E-state index in [0.717, 1.165) is 9.86 Å². The van der Waals surface area contributed by atoms with Crippen LogP contribution < -0.4 is 0 Å². The number of halogens is 2. The molecular weight excluding hydrogens is 320 g/mol. The standard InChI is InChI=1S/C12H12BrClN2O2/c1-12(2,3)18-11(17)16-6-8(13)7-4-10(14)15-5-9(7)16/h4-6H,1-3H3. The Labute approximate surface area is 118 Å². The van der Waals surface area contributed by atoms with E-state index in [1.165, 1.54) is 4.57 Å². The van der Waals surface area contributed by atoms with Crippen molar-refractivity contribution >= 4 is 44.5 Å². The first-order valence-corrected chi connectivity index (χ1v) is 6.50. The molecule has 0 aromatic carbocycles. The number of fused-ring (bicyclic) bond motifs is 1. The predicted octanol–water partition coefficient (Wildman–Crippen LogP) is 4.24. The average molecular weight is 332 g/mol. The molecule has 0 fully saturated rings. The van der Waals surface area contributed by atoms with Crippen LogP contribution in [0.1, 0.15) is 20.8 Å². The number of carbonyl (C=O) groups excluding carboxylic acids is 1. The van der Waals surface area contributed by atoms with E-state index in [1.54, 1.807) is 18.5 Å². The summed E-state index contributed by atoms with van der Waals surface area (Å²) < 4.78 is 7.50. The van der Waals surface area contributed by atoms with Crippen LogP contribution in [0.2, 0.25) is 5.15 Å². The van der Waals surface area contributed by atoms with Crippen LogP contribution in [-0.4, -0.2) is 21.2 Å². The molecule has 0 saturated carbocycles. The third-order valence-corrected chi connectivity index (χ3v) is 3.04. The molecule has 2 rings (SSSR count). The molecule has 0 bridgehead atoms. The lowest BCUT2D eigenvalue weighted by Crippen LogP contribution is -2.26. The highest BCUT2D eigenvalue weighted by atomic mass is 79.9. The summed E-state index contributed by atoms with van der Waals surface area (Å²) in [6.45, 7) is 5.46. The lowest BCUT2D eigenvalue weighted by molar-refractivity contribution is 0.0544. The fourth-order valence-corrected chi connectivity index (χ4v) is 2.20. The highest BCUT2D eigenvalue weighted by Gasteiger charge is 2.20. The second kappa shape index (κ2) is 4.55. The number of pyridine rings is 1. The van der Waals surface area contributed by atoms with Crippen LogP contribution >= 0.6 is 27.5 Å². The summed E-state index contributed by atoms with van der Waals surface area (Å²) in [5.74, 6) is 0. The van der Waals surface area contributed by atoms with Gasteiger partial charge < -0.3 is 4.74 Å². The van der Waals surface area contributed by atoms with E-state index < -0.39 is 11.7 Å². The van der Waals surface area contributed by atoms with Gasteiger partial charge in [0.15, 0.2) is 0 Å². The zero-order chi connectivity index (χ0) is 13.5. The molecule has 0 aliphatic carbocycles. The Hall–Kier alpha value is -1.07. The van der Waals surface area contributed by atoms with Crippen LogP contribution in [0.15, 0.2) is 22.9 Å². The predicted molar refractivity (Wildman–Crippen MR) is 74.1 cm³/mol. The highest BCUT2D eigenvalue weighted by molar-refractivity contribution is 9.10. The van der Waals surface area contributed by atoms with E-state index in [1.807, 2.05) is 20.8 Å². The lowest BCUT2D eigenvalue weighted by Gasteiger charge is -2.19. The zero-order valence-electron chi connectivity index (χ0n) is 10.2. The number of nitrogens with zero attached hydrogens (tertiary/aromatic N) is 2. The summed E-state index contributed by atoms with van der Waals surface area (Å²) in [4.78, 5) is 16.0. The number of hydrogen-bond acceptors (Lipinski definition) is 3. The third-order valence-electron chi connectivity index (χ3n) is 2.20. The van der Waals surface area contributed by atoms with E-state index >= 15 is 0 Å². The van der Waals surface area contributed by atoms with Crippen molar-refractivity contribution in [3.05, 3.63) is 28.1 Å². The van der Waals surface area contributed by atoms with Crippen molar-refractivity contribution in [1.82, 2.24) is 9.55 Å². The minimum Gasteiger partial charge on any atom is -0.443 e. The molecule has 0 unspecified atom stereocenters. The summed E-state index contributed by atoms with van der Waals surface area (Å²) in [5, 5.41) is 1.20. The molecule has 6 heteroatoms. The maximum atomic E-state index is 12.0. The summed E-state index contributed by atoms with van der Waals surface area (Å²) in [6.07, 6.45) is 2.76. The van der Waals surface area contributed by atoms with Gasteiger partial charge in [-0.2, -0.15) is 0 Å². The lowest BCUT2D eigenvalue weighted by atomic mass is 10.2. The second-order valence-corrected chi connectivity index (χ2v) is 6.09. The molecule has 0 spiro atoms. The molecule has 2 aromatic heterocycles. The van der Waals surface area contributed by atoms with Gasteiger partial charge in [-0.05, 0) is 42.8 Å². The SMILES string of the molecule is CC(C)(C)OC(=O)n1cc(Br)c2cc(Cl)ncc21.